The molecule has 2 aromatic rings. The predicted octanol–water partition coefficient (Wildman–Crippen LogP) is 2.71. The van der Waals surface area contributed by atoms with E-state index in [2.05, 4.69) is 26.5 Å². The maximum Gasteiger partial charge on any atom is 0.490 e. The molecule has 31 heavy (non-hydrogen) atoms. The van der Waals surface area contributed by atoms with Crippen LogP contribution in [0, 0.1) is 5.92 Å². The van der Waals surface area contributed by atoms with Crippen molar-refractivity contribution >= 4 is 17.3 Å². The number of alkyl halides is 3. The lowest BCUT2D eigenvalue weighted by atomic mass is 10.0. The van der Waals surface area contributed by atoms with Crippen LogP contribution in [0.3, 0.4) is 0 Å². The summed E-state index contributed by atoms with van der Waals surface area (Å²) in [6, 6.07) is 0.490. The Balaban J connectivity index is 0.000000339. The van der Waals surface area contributed by atoms with E-state index >= 15 is 0 Å². The van der Waals surface area contributed by atoms with Gasteiger partial charge in [-0.15, -0.1) is 11.3 Å². The summed E-state index contributed by atoms with van der Waals surface area (Å²) in [6.07, 6.45) is 3.27. The number of aromatic nitrogens is 3. The number of halogens is 3. The zero-order chi connectivity index (χ0) is 22.4. The third-order valence-electron chi connectivity index (χ3n) is 5.38. The minimum atomic E-state index is -5.08. The van der Waals surface area contributed by atoms with Crippen LogP contribution in [0.4, 0.5) is 13.2 Å². The van der Waals surface area contributed by atoms with Crippen LogP contribution in [0.15, 0.2) is 24.0 Å². The first kappa shape index (κ1) is 23.6. The largest absolute Gasteiger partial charge is 0.490 e. The number of carbonyl (C=O) groups is 1. The van der Waals surface area contributed by atoms with Crippen molar-refractivity contribution in [3.63, 3.8) is 0 Å². The van der Waals surface area contributed by atoms with E-state index < -0.39 is 12.1 Å². The van der Waals surface area contributed by atoms with Crippen LogP contribution in [0.5, 0.6) is 0 Å². The second kappa shape index (κ2) is 10.5. The molecule has 3 atom stereocenters. The predicted molar refractivity (Wildman–Crippen MR) is 105 cm³/mol. The molecule has 3 unspecified atom stereocenters. The van der Waals surface area contributed by atoms with E-state index in [1.807, 2.05) is 24.0 Å². The van der Waals surface area contributed by atoms with Crippen molar-refractivity contribution in [1.29, 1.82) is 0 Å². The third kappa shape index (κ3) is 6.48. The van der Waals surface area contributed by atoms with Gasteiger partial charge in [0.15, 0.2) is 0 Å². The van der Waals surface area contributed by atoms with Crippen LogP contribution in [-0.4, -0.2) is 68.6 Å². The molecule has 12 heteroatoms. The van der Waals surface area contributed by atoms with Gasteiger partial charge in [0.25, 0.3) is 0 Å². The molecule has 1 aliphatic heterocycles. The van der Waals surface area contributed by atoms with Gasteiger partial charge in [-0.1, -0.05) is 0 Å². The van der Waals surface area contributed by atoms with Crippen molar-refractivity contribution < 1.29 is 32.5 Å². The Bertz CT molecular complexity index is 830. The summed E-state index contributed by atoms with van der Waals surface area (Å²) in [5, 5.41) is 10.2. The number of hydrogen-bond donors (Lipinski definition) is 1. The number of aliphatic carboxylic acids is 1. The molecule has 1 aliphatic carbocycles. The van der Waals surface area contributed by atoms with Gasteiger partial charge < -0.3 is 19.1 Å². The minimum Gasteiger partial charge on any atom is -0.475 e. The van der Waals surface area contributed by atoms with Gasteiger partial charge in [-0.05, 0) is 12.8 Å². The molecule has 2 aromatic heterocycles. The molecular weight excluding hydrogens is 437 g/mol. The standard InChI is InChI=1S/C17H24N4O2S.C2HF3O2/c1-20-6-4-18-15(20)10-21-7-8-23-17-13(2-3-14(17)21)11-22-12-16-19-5-9-24-16;3-2(4,5)1(6)7/h4-6,9,13-14,17H,2-3,7-8,10-12H2,1H3;(H,6,7). The number of aryl methyl sites for hydroxylation is 1. The summed E-state index contributed by atoms with van der Waals surface area (Å²) in [7, 11) is 2.06. The van der Waals surface area contributed by atoms with Gasteiger partial charge in [-0.25, -0.2) is 14.8 Å². The zero-order valence-electron chi connectivity index (χ0n) is 17.0. The molecule has 172 valence electrons. The molecule has 0 spiro atoms. The molecule has 4 rings (SSSR count). The van der Waals surface area contributed by atoms with Crippen LogP contribution in [0.2, 0.25) is 0 Å². The highest BCUT2D eigenvalue weighted by Gasteiger charge is 2.42. The van der Waals surface area contributed by atoms with E-state index in [1.165, 1.54) is 12.8 Å². The Kier molecular flexibility index (Phi) is 8.03. The summed E-state index contributed by atoms with van der Waals surface area (Å²) in [4.78, 5) is 20.2. The van der Waals surface area contributed by atoms with E-state index in [4.69, 9.17) is 19.4 Å². The maximum absolute atomic E-state index is 10.6. The van der Waals surface area contributed by atoms with Crippen molar-refractivity contribution in [3.05, 3.63) is 34.8 Å². The quantitative estimate of drug-likeness (QED) is 0.706. The molecule has 0 aromatic carbocycles. The molecule has 2 fully saturated rings. The van der Waals surface area contributed by atoms with Gasteiger partial charge in [0.2, 0.25) is 0 Å². The number of nitrogens with zero attached hydrogens (tertiary/aromatic N) is 4. The molecule has 0 radical (unpaired) electrons. The number of thiazole rings is 1. The number of ether oxygens (including phenoxy) is 2. The number of fused-ring (bicyclic) bond motifs is 1. The first-order valence-corrected chi connectivity index (χ1v) is 10.7. The fraction of sp³-hybridized carbons (Fsp3) is 0.632. The molecule has 0 bridgehead atoms. The van der Waals surface area contributed by atoms with Crippen molar-refractivity contribution in [2.75, 3.05) is 19.8 Å². The van der Waals surface area contributed by atoms with E-state index in [9.17, 15) is 13.2 Å². The first-order chi connectivity index (χ1) is 14.8. The SMILES string of the molecule is Cn1ccnc1CN1CCOC2C(COCc3nccs3)CCC21.O=C(O)C(F)(F)F. The minimum absolute atomic E-state index is 0.287. The van der Waals surface area contributed by atoms with E-state index in [1.54, 1.807) is 11.3 Å². The van der Waals surface area contributed by atoms with Gasteiger partial charge >= 0.3 is 12.1 Å². The maximum atomic E-state index is 10.6. The van der Waals surface area contributed by atoms with Gasteiger partial charge in [-0.2, -0.15) is 13.2 Å². The second-order valence-corrected chi connectivity index (χ2v) is 8.39. The Hall–Kier alpha value is -2.02. The lowest BCUT2D eigenvalue weighted by molar-refractivity contribution is -0.192. The molecule has 1 N–H and O–H groups in total. The van der Waals surface area contributed by atoms with Gasteiger partial charge in [0.05, 0.1) is 32.5 Å². The van der Waals surface area contributed by atoms with Crippen molar-refractivity contribution in [2.24, 2.45) is 13.0 Å². The fourth-order valence-electron chi connectivity index (χ4n) is 3.86. The topological polar surface area (TPSA) is 89.7 Å². The number of rotatable bonds is 6. The number of hydrogen-bond acceptors (Lipinski definition) is 7. The summed E-state index contributed by atoms with van der Waals surface area (Å²) in [5.74, 6) is -1.15. The molecule has 2 aliphatic rings. The average Bonchev–Trinajstić information content (AvgIpc) is 3.45. The van der Waals surface area contributed by atoms with Crippen molar-refractivity contribution in [3.8, 4) is 0 Å². The number of imidazole rings is 1. The summed E-state index contributed by atoms with van der Waals surface area (Å²) < 4.78 is 45.9. The van der Waals surface area contributed by atoms with Gasteiger partial charge in [0, 0.05) is 49.5 Å². The summed E-state index contributed by atoms with van der Waals surface area (Å²) >= 11 is 1.65. The third-order valence-corrected chi connectivity index (χ3v) is 6.14. The Labute approximate surface area is 181 Å². The highest BCUT2D eigenvalue weighted by atomic mass is 32.1. The number of carboxylic acid groups (broad SMARTS) is 1. The van der Waals surface area contributed by atoms with E-state index in [0.717, 1.165) is 37.1 Å². The van der Waals surface area contributed by atoms with Crippen LogP contribution in [0.25, 0.3) is 0 Å². The van der Waals surface area contributed by atoms with Crippen LogP contribution < -0.4 is 0 Å². The van der Waals surface area contributed by atoms with E-state index in [-0.39, 0.29) is 6.10 Å². The fourth-order valence-corrected chi connectivity index (χ4v) is 4.42. The summed E-state index contributed by atoms with van der Waals surface area (Å²) in [6.45, 7) is 4.07. The molecule has 1 saturated carbocycles. The Morgan fingerprint density at radius 2 is 2.13 bits per heavy atom. The number of carboxylic acids is 1. The van der Waals surface area contributed by atoms with Crippen molar-refractivity contribution in [1.82, 2.24) is 19.4 Å². The molecule has 8 nitrogen and oxygen atoms in total. The highest BCUT2D eigenvalue weighted by Crippen LogP contribution is 2.35. The molecule has 3 heterocycles. The molecule has 0 amide bonds. The lowest BCUT2D eigenvalue weighted by Gasteiger charge is -2.39. The normalized spacial score (nSPS) is 23.8. The van der Waals surface area contributed by atoms with Gasteiger partial charge in [-0.3, -0.25) is 4.90 Å². The van der Waals surface area contributed by atoms with Crippen LogP contribution in [-0.2, 0) is 34.5 Å². The monoisotopic (exact) mass is 462 g/mol. The second-order valence-electron chi connectivity index (χ2n) is 7.41. The average molecular weight is 462 g/mol. The lowest BCUT2D eigenvalue weighted by Crippen LogP contribution is -2.50. The molecule has 1 saturated heterocycles. The van der Waals surface area contributed by atoms with Gasteiger partial charge in [0.1, 0.15) is 10.8 Å². The Morgan fingerprint density at radius 3 is 2.74 bits per heavy atom. The van der Waals surface area contributed by atoms with E-state index in [0.29, 0.717) is 18.6 Å². The smallest absolute Gasteiger partial charge is 0.475 e. The van der Waals surface area contributed by atoms with Crippen LogP contribution >= 0.6 is 11.3 Å². The number of morpholine rings is 1. The Morgan fingerprint density at radius 1 is 1.35 bits per heavy atom. The summed E-state index contributed by atoms with van der Waals surface area (Å²) in [5.41, 5.74) is 0. The first-order valence-electron chi connectivity index (χ1n) is 9.83. The molecular formula is C19H25F3N4O4S. The zero-order valence-corrected chi connectivity index (χ0v) is 17.8. The van der Waals surface area contributed by atoms with Crippen molar-refractivity contribution in [2.45, 2.75) is 44.3 Å². The van der Waals surface area contributed by atoms with Crippen LogP contribution in [0.1, 0.15) is 23.7 Å². The highest BCUT2D eigenvalue weighted by molar-refractivity contribution is 7.09.